The summed E-state index contributed by atoms with van der Waals surface area (Å²) in [5.74, 6) is -0.0361. The maximum atomic E-state index is 12.0. The van der Waals surface area contributed by atoms with Gasteiger partial charge in [-0.25, -0.2) is 9.97 Å². The number of aromatic amines is 1. The number of nitrogens with zero attached hydrogens (tertiary/aromatic N) is 4. The number of H-pyrrole nitrogens is 1. The van der Waals surface area contributed by atoms with E-state index < -0.39 is 0 Å². The Morgan fingerprint density at radius 1 is 1.45 bits per heavy atom. The van der Waals surface area contributed by atoms with Crippen LogP contribution in [0.25, 0.3) is 22.3 Å². The number of fused-ring (bicyclic) bond motifs is 1. The van der Waals surface area contributed by atoms with Gasteiger partial charge in [0.25, 0.3) is 0 Å². The molecule has 2 N–H and O–H groups in total. The van der Waals surface area contributed by atoms with Gasteiger partial charge in [-0.1, -0.05) is 6.92 Å². The maximum Gasteiger partial charge on any atom is 0.244 e. The molecule has 0 aliphatic rings. The number of hydrogen-bond donors (Lipinski definition) is 2. The summed E-state index contributed by atoms with van der Waals surface area (Å²) in [5, 5.41) is 8.11. The SMILES string of the molecule is CCCNC(=O)C(C)n1cc(-c2ncnc3[nH]ccc23)cn1. The molecule has 114 valence electrons. The van der Waals surface area contributed by atoms with E-state index in [1.807, 2.05) is 32.3 Å². The predicted octanol–water partition coefficient (Wildman–Crippen LogP) is 1.91. The Labute approximate surface area is 127 Å². The Kier molecular flexibility index (Phi) is 3.86. The zero-order chi connectivity index (χ0) is 15.5. The van der Waals surface area contributed by atoms with Crippen LogP contribution in [-0.4, -0.2) is 37.2 Å². The van der Waals surface area contributed by atoms with Gasteiger partial charge in [0, 0.05) is 29.9 Å². The van der Waals surface area contributed by atoms with Gasteiger partial charge < -0.3 is 10.3 Å². The first-order valence-corrected chi connectivity index (χ1v) is 7.31. The van der Waals surface area contributed by atoms with E-state index in [-0.39, 0.29) is 11.9 Å². The highest BCUT2D eigenvalue weighted by molar-refractivity contribution is 5.90. The van der Waals surface area contributed by atoms with E-state index in [1.54, 1.807) is 10.9 Å². The van der Waals surface area contributed by atoms with Gasteiger partial charge in [0.05, 0.1) is 11.9 Å². The molecule has 3 aromatic heterocycles. The third-order valence-corrected chi connectivity index (χ3v) is 3.55. The zero-order valence-corrected chi connectivity index (χ0v) is 12.6. The van der Waals surface area contributed by atoms with Gasteiger partial charge in [-0.05, 0) is 19.4 Å². The lowest BCUT2D eigenvalue weighted by atomic mass is 10.2. The first-order chi connectivity index (χ1) is 10.7. The number of amides is 1. The van der Waals surface area contributed by atoms with Gasteiger partial charge >= 0.3 is 0 Å². The van der Waals surface area contributed by atoms with E-state index >= 15 is 0 Å². The van der Waals surface area contributed by atoms with Crippen LogP contribution in [0, 0.1) is 0 Å². The standard InChI is InChI=1S/C15H18N6O/c1-3-5-17-15(22)10(2)21-8-11(7-20-21)13-12-4-6-16-14(12)19-9-18-13/h4,6-10H,3,5H2,1-2H3,(H,17,22)(H,16,18,19). The summed E-state index contributed by atoms with van der Waals surface area (Å²) in [5.41, 5.74) is 2.45. The fraction of sp³-hybridized carbons (Fsp3) is 0.333. The second-order valence-corrected chi connectivity index (χ2v) is 5.14. The van der Waals surface area contributed by atoms with Crippen molar-refractivity contribution in [3.8, 4) is 11.3 Å². The molecule has 0 saturated heterocycles. The summed E-state index contributed by atoms with van der Waals surface area (Å²) >= 11 is 0. The molecule has 1 atom stereocenters. The topological polar surface area (TPSA) is 88.5 Å². The van der Waals surface area contributed by atoms with E-state index in [2.05, 4.69) is 25.4 Å². The number of hydrogen-bond acceptors (Lipinski definition) is 4. The van der Waals surface area contributed by atoms with Crippen molar-refractivity contribution in [1.29, 1.82) is 0 Å². The summed E-state index contributed by atoms with van der Waals surface area (Å²) < 4.78 is 1.65. The third-order valence-electron chi connectivity index (χ3n) is 3.55. The molecule has 22 heavy (non-hydrogen) atoms. The van der Waals surface area contributed by atoms with Crippen molar-refractivity contribution < 1.29 is 4.79 Å². The van der Waals surface area contributed by atoms with Gasteiger partial charge in [-0.2, -0.15) is 5.10 Å². The number of carbonyl (C=O) groups excluding carboxylic acids is 1. The van der Waals surface area contributed by atoms with Crippen LogP contribution in [0.3, 0.4) is 0 Å². The Morgan fingerprint density at radius 3 is 3.14 bits per heavy atom. The molecule has 0 saturated carbocycles. The second-order valence-electron chi connectivity index (χ2n) is 5.14. The largest absolute Gasteiger partial charge is 0.354 e. The molecule has 1 unspecified atom stereocenters. The van der Waals surface area contributed by atoms with E-state index in [9.17, 15) is 4.79 Å². The van der Waals surface area contributed by atoms with E-state index in [0.717, 1.165) is 28.7 Å². The molecule has 7 heteroatoms. The molecule has 1 amide bonds. The number of rotatable bonds is 5. The molecular formula is C15H18N6O. The lowest BCUT2D eigenvalue weighted by molar-refractivity contribution is -0.124. The van der Waals surface area contributed by atoms with Crippen molar-refractivity contribution in [3.63, 3.8) is 0 Å². The van der Waals surface area contributed by atoms with Crippen LogP contribution in [-0.2, 0) is 4.79 Å². The van der Waals surface area contributed by atoms with E-state index in [1.165, 1.54) is 6.33 Å². The molecule has 0 aromatic carbocycles. The maximum absolute atomic E-state index is 12.0. The van der Waals surface area contributed by atoms with Crippen LogP contribution < -0.4 is 5.32 Å². The smallest absolute Gasteiger partial charge is 0.244 e. The fourth-order valence-electron chi connectivity index (χ4n) is 2.29. The summed E-state index contributed by atoms with van der Waals surface area (Å²) in [6, 6.07) is 1.57. The number of nitrogens with one attached hydrogen (secondary N) is 2. The van der Waals surface area contributed by atoms with Crippen LogP contribution >= 0.6 is 0 Å². The summed E-state index contributed by atoms with van der Waals surface area (Å²) in [4.78, 5) is 23.6. The van der Waals surface area contributed by atoms with Crippen LogP contribution in [0.2, 0.25) is 0 Å². The molecule has 7 nitrogen and oxygen atoms in total. The van der Waals surface area contributed by atoms with Crippen molar-refractivity contribution in [3.05, 3.63) is 31.0 Å². The summed E-state index contributed by atoms with van der Waals surface area (Å²) in [6.45, 7) is 4.52. The Hall–Kier alpha value is -2.70. The highest BCUT2D eigenvalue weighted by Gasteiger charge is 2.17. The number of aromatic nitrogens is 5. The molecule has 0 radical (unpaired) electrons. The normalized spacial score (nSPS) is 12.5. The van der Waals surface area contributed by atoms with E-state index in [0.29, 0.717) is 6.54 Å². The van der Waals surface area contributed by atoms with E-state index in [4.69, 9.17) is 0 Å². The minimum atomic E-state index is -0.358. The van der Waals surface area contributed by atoms with Gasteiger partial charge in [-0.15, -0.1) is 0 Å². The Balaban J connectivity index is 1.87. The minimum absolute atomic E-state index is 0.0361. The lowest BCUT2D eigenvalue weighted by Crippen LogP contribution is -2.31. The molecular weight excluding hydrogens is 280 g/mol. The first kappa shape index (κ1) is 14.2. The van der Waals surface area contributed by atoms with Gasteiger partial charge in [0.15, 0.2) is 0 Å². The quantitative estimate of drug-likeness (QED) is 0.753. The molecule has 0 bridgehead atoms. The van der Waals surface area contributed by atoms with Crippen LogP contribution in [0.5, 0.6) is 0 Å². The second kappa shape index (κ2) is 5.97. The molecule has 0 aliphatic heterocycles. The molecule has 3 heterocycles. The highest BCUT2D eigenvalue weighted by atomic mass is 16.2. The Bertz CT molecular complexity index is 790. The molecule has 0 aliphatic carbocycles. The van der Waals surface area contributed by atoms with Crippen molar-refractivity contribution >= 4 is 16.9 Å². The lowest BCUT2D eigenvalue weighted by Gasteiger charge is -2.11. The summed E-state index contributed by atoms with van der Waals surface area (Å²) in [6.07, 6.45) is 7.82. The molecule has 3 rings (SSSR count). The monoisotopic (exact) mass is 298 g/mol. The molecule has 0 spiro atoms. The first-order valence-electron chi connectivity index (χ1n) is 7.31. The minimum Gasteiger partial charge on any atom is -0.354 e. The van der Waals surface area contributed by atoms with Gasteiger partial charge in [-0.3, -0.25) is 9.48 Å². The van der Waals surface area contributed by atoms with Gasteiger partial charge in [0.2, 0.25) is 5.91 Å². The van der Waals surface area contributed by atoms with Crippen molar-refractivity contribution in [1.82, 2.24) is 30.0 Å². The molecule has 3 aromatic rings. The number of carbonyl (C=O) groups is 1. The van der Waals surface area contributed by atoms with Crippen LogP contribution in [0.4, 0.5) is 0 Å². The Morgan fingerprint density at radius 2 is 2.32 bits per heavy atom. The average molecular weight is 298 g/mol. The summed E-state index contributed by atoms with van der Waals surface area (Å²) in [7, 11) is 0. The zero-order valence-electron chi connectivity index (χ0n) is 12.6. The van der Waals surface area contributed by atoms with Crippen molar-refractivity contribution in [2.45, 2.75) is 26.3 Å². The fourth-order valence-corrected chi connectivity index (χ4v) is 2.29. The highest BCUT2D eigenvalue weighted by Crippen LogP contribution is 2.24. The third kappa shape index (κ3) is 2.57. The average Bonchev–Trinajstić information content (AvgIpc) is 3.20. The van der Waals surface area contributed by atoms with Crippen molar-refractivity contribution in [2.75, 3.05) is 6.54 Å². The molecule has 0 fully saturated rings. The van der Waals surface area contributed by atoms with Crippen molar-refractivity contribution in [2.24, 2.45) is 0 Å². The van der Waals surface area contributed by atoms with Crippen LogP contribution in [0.15, 0.2) is 31.0 Å². The van der Waals surface area contributed by atoms with Gasteiger partial charge in [0.1, 0.15) is 18.0 Å². The van der Waals surface area contributed by atoms with Crippen LogP contribution in [0.1, 0.15) is 26.3 Å². The predicted molar refractivity (Wildman–Crippen MR) is 83.1 cm³/mol.